The molecule has 1 unspecified atom stereocenters. The van der Waals surface area contributed by atoms with E-state index in [0.717, 1.165) is 5.56 Å². The van der Waals surface area contributed by atoms with Crippen LogP contribution < -0.4 is 0 Å². The van der Waals surface area contributed by atoms with Gasteiger partial charge in [-0.05, 0) is 17.7 Å². The number of benzene rings is 1. The quantitative estimate of drug-likeness (QED) is 0.860. The van der Waals surface area contributed by atoms with Crippen molar-refractivity contribution in [2.24, 2.45) is 0 Å². The molecule has 0 amide bonds. The molecule has 1 rings (SSSR count). The second-order valence-corrected chi connectivity index (χ2v) is 5.45. The molecular formula is C9H12ClNO3S. The second-order valence-electron chi connectivity index (χ2n) is 3.15. The average molecular weight is 250 g/mol. The zero-order valence-electron chi connectivity index (χ0n) is 8.10. The van der Waals surface area contributed by atoms with Crippen molar-refractivity contribution in [3.05, 3.63) is 35.4 Å². The molecule has 1 atom stereocenters. The summed E-state index contributed by atoms with van der Waals surface area (Å²) in [6.07, 6.45) is 1.36. The first-order chi connectivity index (χ1) is 6.38. The van der Waals surface area contributed by atoms with E-state index < -0.39 is 15.7 Å². The Balaban J connectivity index is 0.00000196. The van der Waals surface area contributed by atoms with E-state index in [-0.39, 0.29) is 23.7 Å². The van der Waals surface area contributed by atoms with Crippen LogP contribution in [0.3, 0.4) is 0 Å². The van der Waals surface area contributed by atoms with Crippen molar-refractivity contribution < 1.29 is 14.1 Å². The average Bonchev–Trinajstić information content (AvgIpc) is 2.02. The molecule has 0 heterocycles. The number of aromatic carboxylic acids is 1. The Morgan fingerprint density at radius 1 is 1.40 bits per heavy atom. The first kappa shape index (κ1) is 13.9. The van der Waals surface area contributed by atoms with E-state index in [1.165, 1.54) is 18.4 Å². The van der Waals surface area contributed by atoms with Gasteiger partial charge in [-0.15, -0.1) is 12.4 Å². The lowest BCUT2D eigenvalue weighted by molar-refractivity contribution is 0.0697. The van der Waals surface area contributed by atoms with Gasteiger partial charge in [-0.25, -0.2) is 9.00 Å². The lowest BCUT2D eigenvalue weighted by atomic mass is 10.1. The number of carbonyl (C=O) groups is 1. The zero-order valence-corrected chi connectivity index (χ0v) is 9.73. The summed E-state index contributed by atoms with van der Waals surface area (Å²) in [5, 5.41) is 8.61. The smallest absolute Gasteiger partial charge is 0.335 e. The number of nitrogens with one attached hydrogen (secondary N) is 1. The maximum Gasteiger partial charge on any atom is 0.335 e. The Morgan fingerprint density at radius 3 is 2.20 bits per heavy atom. The van der Waals surface area contributed by atoms with E-state index in [1.54, 1.807) is 12.1 Å². The van der Waals surface area contributed by atoms with Crippen LogP contribution in [0.2, 0.25) is 0 Å². The molecule has 0 saturated carbocycles. The van der Waals surface area contributed by atoms with Gasteiger partial charge < -0.3 is 5.11 Å². The summed E-state index contributed by atoms with van der Waals surface area (Å²) in [5.74, 6) is -0.827. The predicted molar refractivity (Wildman–Crippen MR) is 61.1 cm³/mol. The summed E-state index contributed by atoms with van der Waals surface area (Å²) >= 11 is 0. The van der Waals surface area contributed by atoms with Crippen molar-refractivity contribution in [2.75, 3.05) is 6.26 Å². The van der Waals surface area contributed by atoms with Gasteiger partial charge in [0.2, 0.25) is 0 Å². The monoisotopic (exact) mass is 249 g/mol. The van der Waals surface area contributed by atoms with Crippen LogP contribution in [0.5, 0.6) is 0 Å². The SMILES string of the molecule is CS(=N)(=O)Cc1ccc(C(=O)O)cc1.Cl. The first-order valence-electron chi connectivity index (χ1n) is 3.92. The summed E-state index contributed by atoms with van der Waals surface area (Å²) in [6.45, 7) is 0. The van der Waals surface area contributed by atoms with Crippen LogP contribution in [-0.2, 0) is 15.5 Å². The summed E-state index contributed by atoms with van der Waals surface area (Å²) in [5.41, 5.74) is 0.916. The summed E-state index contributed by atoms with van der Waals surface area (Å²) in [7, 11) is -2.56. The highest BCUT2D eigenvalue weighted by molar-refractivity contribution is 7.90. The maximum absolute atomic E-state index is 11.1. The van der Waals surface area contributed by atoms with Gasteiger partial charge in [0.05, 0.1) is 11.3 Å². The van der Waals surface area contributed by atoms with Gasteiger partial charge in [-0.1, -0.05) is 12.1 Å². The summed E-state index contributed by atoms with van der Waals surface area (Å²) < 4.78 is 18.3. The predicted octanol–water partition coefficient (Wildman–Crippen LogP) is 1.98. The molecule has 0 aliphatic carbocycles. The normalized spacial score (nSPS) is 13.7. The molecular weight excluding hydrogens is 238 g/mol. The molecule has 0 fully saturated rings. The van der Waals surface area contributed by atoms with Crippen molar-refractivity contribution >= 4 is 28.1 Å². The van der Waals surface area contributed by atoms with E-state index in [2.05, 4.69) is 0 Å². The molecule has 15 heavy (non-hydrogen) atoms. The lowest BCUT2D eigenvalue weighted by Gasteiger charge is -2.01. The van der Waals surface area contributed by atoms with E-state index >= 15 is 0 Å². The molecule has 0 saturated heterocycles. The Morgan fingerprint density at radius 2 is 1.87 bits per heavy atom. The van der Waals surface area contributed by atoms with E-state index in [1.807, 2.05) is 0 Å². The van der Waals surface area contributed by atoms with Gasteiger partial charge in [0.1, 0.15) is 0 Å². The van der Waals surface area contributed by atoms with Crippen molar-refractivity contribution in [1.82, 2.24) is 0 Å². The zero-order chi connectivity index (χ0) is 10.8. The Labute approximate surface area is 94.7 Å². The molecule has 0 radical (unpaired) electrons. The third-order valence-corrected chi connectivity index (χ3v) is 2.53. The highest BCUT2D eigenvalue weighted by Crippen LogP contribution is 2.07. The van der Waals surface area contributed by atoms with E-state index in [4.69, 9.17) is 9.89 Å². The van der Waals surface area contributed by atoms with Crippen molar-refractivity contribution in [3.8, 4) is 0 Å². The van der Waals surface area contributed by atoms with Crippen molar-refractivity contribution in [3.63, 3.8) is 0 Å². The van der Waals surface area contributed by atoms with Crippen LogP contribution in [0.15, 0.2) is 24.3 Å². The second kappa shape index (κ2) is 5.14. The van der Waals surface area contributed by atoms with Crippen molar-refractivity contribution in [1.29, 1.82) is 4.78 Å². The first-order valence-corrected chi connectivity index (χ1v) is 6.06. The molecule has 4 nitrogen and oxygen atoms in total. The van der Waals surface area contributed by atoms with Gasteiger partial charge in [0, 0.05) is 16.0 Å². The van der Waals surface area contributed by atoms with Crippen LogP contribution in [0.4, 0.5) is 0 Å². The van der Waals surface area contributed by atoms with Gasteiger partial charge in [0.25, 0.3) is 0 Å². The molecule has 0 aliphatic rings. The molecule has 1 aromatic carbocycles. The number of carboxylic acid groups (broad SMARTS) is 1. The maximum atomic E-state index is 11.1. The van der Waals surface area contributed by atoms with Gasteiger partial charge in [-0.2, -0.15) is 0 Å². The van der Waals surface area contributed by atoms with Crippen LogP contribution in [-0.4, -0.2) is 21.5 Å². The fraction of sp³-hybridized carbons (Fsp3) is 0.222. The number of halogens is 1. The molecule has 6 heteroatoms. The van der Waals surface area contributed by atoms with Crippen LogP contribution >= 0.6 is 12.4 Å². The highest BCUT2D eigenvalue weighted by Gasteiger charge is 2.04. The van der Waals surface area contributed by atoms with Crippen LogP contribution in [0, 0.1) is 4.78 Å². The minimum absolute atomic E-state index is 0. The number of hydrogen-bond acceptors (Lipinski definition) is 3. The van der Waals surface area contributed by atoms with Crippen LogP contribution in [0.25, 0.3) is 0 Å². The molecule has 0 aromatic heterocycles. The molecule has 0 aliphatic heterocycles. The van der Waals surface area contributed by atoms with Gasteiger partial charge >= 0.3 is 5.97 Å². The largest absolute Gasteiger partial charge is 0.478 e. The third kappa shape index (κ3) is 4.80. The molecule has 0 bridgehead atoms. The van der Waals surface area contributed by atoms with Gasteiger partial charge in [0.15, 0.2) is 0 Å². The fourth-order valence-corrected chi connectivity index (χ4v) is 1.89. The number of carboxylic acids is 1. The number of hydrogen-bond donors (Lipinski definition) is 2. The molecule has 0 spiro atoms. The van der Waals surface area contributed by atoms with Crippen molar-refractivity contribution in [2.45, 2.75) is 5.75 Å². The summed E-state index contributed by atoms with van der Waals surface area (Å²) in [4.78, 5) is 10.5. The topological polar surface area (TPSA) is 78.2 Å². The minimum atomic E-state index is -2.56. The molecule has 2 N–H and O–H groups in total. The molecule has 1 aromatic rings. The highest BCUT2D eigenvalue weighted by atomic mass is 35.5. The third-order valence-electron chi connectivity index (χ3n) is 1.64. The Kier molecular flexibility index (Phi) is 4.77. The Bertz CT molecular complexity index is 439. The van der Waals surface area contributed by atoms with E-state index in [9.17, 15) is 9.00 Å². The summed E-state index contributed by atoms with van der Waals surface area (Å²) in [6, 6.07) is 6.06. The number of rotatable bonds is 3. The molecule has 84 valence electrons. The Hall–Kier alpha value is -1.07. The fourth-order valence-electron chi connectivity index (χ4n) is 1.06. The van der Waals surface area contributed by atoms with E-state index in [0.29, 0.717) is 0 Å². The lowest BCUT2D eigenvalue weighted by Crippen LogP contribution is -2.00. The van der Waals surface area contributed by atoms with Gasteiger partial charge in [-0.3, -0.25) is 4.78 Å². The standard InChI is InChI=1S/C9H11NO3S.ClH/c1-14(10,13)6-7-2-4-8(5-3-7)9(11)12;/h2-5,10H,6H2,1H3,(H,11,12);1H. The minimum Gasteiger partial charge on any atom is -0.478 e. The van der Waals surface area contributed by atoms with Crippen LogP contribution in [0.1, 0.15) is 15.9 Å².